The maximum absolute atomic E-state index is 4.40. The third-order valence-corrected chi connectivity index (χ3v) is 4.67. The van der Waals surface area contributed by atoms with Crippen LogP contribution in [0.5, 0.6) is 0 Å². The highest BCUT2D eigenvalue weighted by molar-refractivity contribution is 5.53. The number of fused-ring (bicyclic) bond motifs is 1. The topological polar surface area (TPSA) is 58.9 Å². The molecule has 6 nitrogen and oxygen atoms in total. The van der Waals surface area contributed by atoms with Crippen LogP contribution < -0.4 is 5.32 Å². The van der Waals surface area contributed by atoms with Crippen molar-refractivity contribution in [3.05, 3.63) is 30.4 Å². The van der Waals surface area contributed by atoms with E-state index in [2.05, 4.69) is 30.0 Å². The van der Waals surface area contributed by atoms with E-state index in [0.717, 1.165) is 49.3 Å². The molecule has 2 aromatic rings. The van der Waals surface area contributed by atoms with Crippen molar-refractivity contribution in [2.24, 2.45) is 5.92 Å². The average molecular weight is 298 g/mol. The Morgan fingerprint density at radius 3 is 3.09 bits per heavy atom. The van der Waals surface area contributed by atoms with Crippen LogP contribution in [0.1, 0.15) is 18.7 Å². The first kappa shape index (κ1) is 13.8. The van der Waals surface area contributed by atoms with Gasteiger partial charge in [-0.05, 0) is 44.0 Å². The predicted molar refractivity (Wildman–Crippen MR) is 84.1 cm³/mol. The van der Waals surface area contributed by atoms with Crippen LogP contribution in [0.3, 0.4) is 0 Å². The molecule has 2 aromatic heterocycles. The van der Waals surface area contributed by atoms with Crippen molar-refractivity contribution in [1.82, 2.24) is 30.0 Å². The molecule has 0 saturated carbocycles. The summed E-state index contributed by atoms with van der Waals surface area (Å²) in [5, 5.41) is 12.3. The minimum absolute atomic E-state index is 0.779. The Morgan fingerprint density at radius 2 is 2.27 bits per heavy atom. The Kier molecular flexibility index (Phi) is 3.86. The molecule has 0 aliphatic carbocycles. The predicted octanol–water partition coefficient (Wildman–Crippen LogP) is 1.16. The third kappa shape index (κ3) is 2.76. The first-order valence-electron chi connectivity index (χ1n) is 8.16. The van der Waals surface area contributed by atoms with Gasteiger partial charge in [-0.15, -0.1) is 10.2 Å². The Morgan fingerprint density at radius 1 is 1.27 bits per heavy atom. The number of hydrogen-bond acceptors (Lipinski definition) is 5. The maximum Gasteiger partial charge on any atom is 0.165 e. The zero-order valence-corrected chi connectivity index (χ0v) is 12.8. The van der Waals surface area contributed by atoms with E-state index in [-0.39, 0.29) is 0 Å². The zero-order chi connectivity index (χ0) is 14.8. The summed E-state index contributed by atoms with van der Waals surface area (Å²) in [7, 11) is 0. The van der Waals surface area contributed by atoms with E-state index in [9.17, 15) is 0 Å². The quantitative estimate of drug-likeness (QED) is 0.921. The van der Waals surface area contributed by atoms with E-state index in [4.69, 9.17) is 0 Å². The second kappa shape index (κ2) is 6.14. The van der Waals surface area contributed by atoms with Gasteiger partial charge in [0.15, 0.2) is 5.82 Å². The standard InChI is InChI=1S/C16H22N6/c1-3-13(9-17-5-1)11-21-7-8-22-15(12-21)19-20-16(22)14-4-2-6-18-10-14/h2,4,6,10,13,17H,1,3,5,7-9,11-12H2. The molecule has 1 N–H and O–H groups in total. The summed E-state index contributed by atoms with van der Waals surface area (Å²) >= 11 is 0. The van der Waals surface area contributed by atoms with Crippen LogP contribution in [-0.2, 0) is 13.1 Å². The van der Waals surface area contributed by atoms with E-state index < -0.39 is 0 Å². The highest BCUT2D eigenvalue weighted by Gasteiger charge is 2.24. The Hall–Kier alpha value is -1.79. The normalized spacial score (nSPS) is 22.5. The lowest BCUT2D eigenvalue weighted by Gasteiger charge is -2.32. The molecule has 0 amide bonds. The highest BCUT2D eigenvalue weighted by Crippen LogP contribution is 2.22. The summed E-state index contributed by atoms with van der Waals surface area (Å²) in [5.41, 5.74) is 1.05. The number of pyridine rings is 1. The second-order valence-corrected chi connectivity index (χ2v) is 6.28. The summed E-state index contributed by atoms with van der Waals surface area (Å²) in [6.07, 6.45) is 6.30. The summed E-state index contributed by atoms with van der Waals surface area (Å²) in [6, 6.07) is 3.99. The Labute approximate surface area is 130 Å². The molecule has 1 atom stereocenters. The van der Waals surface area contributed by atoms with E-state index in [1.165, 1.54) is 25.9 Å². The van der Waals surface area contributed by atoms with Crippen molar-refractivity contribution in [1.29, 1.82) is 0 Å². The van der Waals surface area contributed by atoms with Gasteiger partial charge in [0.2, 0.25) is 0 Å². The minimum atomic E-state index is 0.779. The molecule has 0 bridgehead atoms. The molecule has 6 heteroatoms. The van der Waals surface area contributed by atoms with Crippen molar-refractivity contribution in [2.75, 3.05) is 26.2 Å². The molecule has 1 saturated heterocycles. The van der Waals surface area contributed by atoms with Gasteiger partial charge >= 0.3 is 0 Å². The van der Waals surface area contributed by atoms with Gasteiger partial charge in [0.05, 0.1) is 6.54 Å². The van der Waals surface area contributed by atoms with Gasteiger partial charge in [-0.3, -0.25) is 9.88 Å². The van der Waals surface area contributed by atoms with Crippen LogP contribution in [0.25, 0.3) is 11.4 Å². The summed E-state index contributed by atoms with van der Waals surface area (Å²) in [4.78, 5) is 6.71. The molecular formula is C16H22N6. The van der Waals surface area contributed by atoms with Gasteiger partial charge in [0.25, 0.3) is 0 Å². The number of rotatable bonds is 3. The van der Waals surface area contributed by atoms with E-state index >= 15 is 0 Å². The Balaban J connectivity index is 1.47. The molecule has 2 aliphatic rings. The first-order chi connectivity index (χ1) is 10.9. The number of nitrogens with zero attached hydrogens (tertiary/aromatic N) is 5. The van der Waals surface area contributed by atoms with Gasteiger partial charge in [-0.1, -0.05) is 0 Å². The smallest absolute Gasteiger partial charge is 0.165 e. The Bertz CT molecular complexity index is 617. The fourth-order valence-corrected chi connectivity index (χ4v) is 3.52. The molecular weight excluding hydrogens is 276 g/mol. The molecule has 116 valence electrons. The van der Waals surface area contributed by atoms with E-state index in [0.29, 0.717) is 0 Å². The SMILES string of the molecule is c1cncc(-c2nnc3n2CCN(CC2CCCNC2)C3)c1. The van der Waals surface area contributed by atoms with Gasteiger partial charge in [-0.2, -0.15) is 0 Å². The lowest BCUT2D eigenvalue weighted by Crippen LogP contribution is -2.41. The first-order valence-corrected chi connectivity index (χ1v) is 8.16. The molecule has 2 aliphatic heterocycles. The molecule has 4 rings (SSSR count). The molecule has 0 aromatic carbocycles. The lowest BCUT2D eigenvalue weighted by atomic mass is 9.99. The molecule has 1 fully saturated rings. The largest absolute Gasteiger partial charge is 0.316 e. The van der Waals surface area contributed by atoms with Crippen molar-refractivity contribution >= 4 is 0 Å². The van der Waals surface area contributed by atoms with Crippen molar-refractivity contribution in [3.63, 3.8) is 0 Å². The zero-order valence-electron chi connectivity index (χ0n) is 12.8. The van der Waals surface area contributed by atoms with Crippen molar-refractivity contribution in [2.45, 2.75) is 25.9 Å². The summed E-state index contributed by atoms with van der Waals surface area (Å²) in [6.45, 7) is 6.46. The third-order valence-electron chi connectivity index (χ3n) is 4.67. The molecule has 22 heavy (non-hydrogen) atoms. The van der Waals surface area contributed by atoms with E-state index in [1.54, 1.807) is 6.20 Å². The van der Waals surface area contributed by atoms with Crippen LogP contribution in [-0.4, -0.2) is 50.8 Å². The van der Waals surface area contributed by atoms with Crippen molar-refractivity contribution in [3.8, 4) is 11.4 Å². The average Bonchev–Trinajstić information content (AvgIpc) is 3.00. The number of aromatic nitrogens is 4. The van der Waals surface area contributed by atoms with Gasteiger partial charge in [0, 0.05) is 37.6 Å². The molecule has 0 spiro atoms. The van der Waals surface area contributed by atoms with Crippen LogP contribution >= 0.6 is 0 Å². The fraction of sp³-hybridized carbons (Fsp3) is 0.562. The van der Waals surface area contributed by atoms with E-state index in [1.807, 2.05) is 18.3 Å². The number of piperidine rings is 1. The summed E-state index contributed by atoms with van der Waals surface area (Å²) < 4.78 is 2.24. The van der Waals surface area contributed by atoms with Crippen LogP contribution in [0.15, 0.2) is 24.5 Å². The molecule has 4 heterocycles. The molecule has 0 radical (unpaired) electrons. The summed E-state index contributed by atoms with van der Waals surface area (Å²) in [5.74, 6) is 2.80. The fourth-order valence-electron chi connectivity index (χ4n) is 3.52. The maximum atomic E-state index is 4.40. The minimum Gasteiger partial charge on any atom is -0.316 e. The van der Waals surface area contributed by atoms with Crippen LogP contribution in [0.2, 0.25) is 0 Å². The highest BCUT2D eigenvalue weighted by atomic mass is 15.3. The van der Waals surface area contributed by atoms with Crippen LogP contribution in [0, 0.1) is 5.92 Å². The lowest BCUT2D eigenvalue weighted by molar-refractivity contribution is 0.171. The van der Waals surface area contributed by atoms with Gasteiger partial charge < -0.3 is 9.88 Å². The van der Waals surface area contributed by atoms with Crippen molar-refractivity contribution < 1.29 is 0 Å². The van der Waals surface area contributed by atoms with Gasteiger partial charge in [-0.25, -0.2) is 0 Å². The molecule has 1 unspecified atom stereocenters. The monoisotopic (exact) mass is 298 g/mol. The van der Waals surface area contributed by atoms with Gasteiger partial charge in [0.1, 0.15) is 5.82 Å². The number of nitrogens with one attached hydrogen (secondary N) is 1. The second-order valence-electron chi connectivity index (χ2n) is 6.28. The van der Waals surface area contributed by atoms with Crippen LogP contribution in [0.4, 0.5) is 0 Å². The number of hydrogen-bond donors (Lipinski definition) is 1.